The Morgan fingerprint density at radius 2 is 2.19 bits per heavy atom. The molecule has 2 atom stereocenters. The molecule has 1 aromatic rings. The Bertz CT molecular complexity index is 1170. The van der Waals surface area contributed by atoms with Crippen molar-refractivity contribution < 1.29 is 13.5 Å². The van der Waals surface area contributed by atoms with Crippen LogP contribution in [0.3, 0.4) is 0 Å². The molecule has 5 rings (SSSR count). The van der Waals surface area contributed by atoms with Crippen molar-refractivity contribution in [2.75, 3.05) is 13.1 Å². The van der Waals surface area contributed by atoms with Gasteiger partial charge in [-0.15, -0.1) is 0 Å². The van der Waals surface area contributed by atoms with E-state index in [4.69, 9.17) is 9.73 Å². The molecule has 0 radical (unpaired) electrons. The fourth-order valence-electron chi connectivity index (χ4n) is 4.46. The summed E-state index contributed by atoms with van der Waals surface area (Å²) in [5.74, 6) is 0.383. The lowest BCUT2D eigenvalue weighted by atomic mass is 9.96. The first kappa shape index (κ1) is 20.2. The van der Waals surface area contributed by atoms with Gasteiger partial charge in [0.1, 0.15) is 23.2 Å². The van der Waals surface area contributed by atoms with Gasteiger partial charge in [0, 0.05) is 31.1 Å². The lowest BCUT2D eigenvalue weighted by molar-refractivity contribution is 0.349. The van der Waals surface area contributed by atoms with Crippen LogP contribution in [0, 0.1) is 23.1 Å². The summed E-state index contributed by atoms with van der Waals surface area (Å²) in [6, 6.07) is 3.58. The molecule has 3 heterocycles. The summed E-state index contributed by atoms with van der Waals surface area (Å²) in [4.78, 5) is 10.7. The van der Waals surface area contributed by atoms with Gasteiger partial charge in [-0.2, -0.15) is 5.26 Å². The fraction of sp³-hybridized carbons (Fsp3) is 0.292. The number of halogens is 2. The Balaban J connectivity index is 1.48. The molecule has 2 unspecified atom stereocenters. The number of benzene rings is 1. The Labute approximate surface area is 184 Å². The largest absolute Gasteiger partial charge is 0.447 e. The van der Waals surface area contributed by atoms with Crippen molar-refractivity contribution in [2.24, 2.45) is 9.98 Å². The van der Waals surface area contributed by atoms with Crippen molar-refractivity contribution in [1.29, 1.82) is 5.26 Å². The molecule has 0 saturated carbocycles. The van der Waals surface area contributed by atoms with E-state index < -0.39 is 11.6 Å². The van der Waals surface area contributed by atoms with Gasteiger partial charge < -0.3 is 10.1 Å². The Morgan fingerprint density at radius 3 is 3.03 bits per heavy atom. The molecule has 0 amide bonds. The van der Waals surface area contributed by atoms with Crippen LogP contribution in [0.5, 0.6) is 0 Å². The van der Waals surface area contributed by atoms with E-state index in [1.54, 1.807) is 6.20 Å². The van der Waals surface area contributed by atoms with Gasteiger partial charge >= 0.3 is 0 Å². The SMILES string of the molecule is N#CN1C=CC2=CC1=NC/C=C/NCC1N=C(C2)OC2=C1CCC2c1ccc(F)cc1F. The van der Waals surface area contributed by atoms with Crippen molar-refractivity contribution in [3.63, 3.8) is 0 Å². The highest BCUT2D eigenvalue weighted by Crippen LogP contribution is 2.45. The van der Waals surface area contributed by atoms with Crippen LogP contribution < -0.4 is 5.32 Å². The Hall–Kier alpha value is -3.73. The average Bonchev–Trinajstić information content (AvgIpc) is 3.20. The zero-order valence-electron chi connectivity index (χ0n) is 17.3. The standard InChI is InChI=1S/C24H21F2N5O/c25-16-2-3-17(20(26)12-16)18-4-5-19-21-13-28-7-1-8-29-22-10-15(6-9-31(22)14-27)11-23(30-21)32-24(18)19/h1-3,6-7,9-10,12,18,21,28H,4-5,8,11,13H2/b7-1+,29-22?. The van der Waals surface area contributed by atoms with E-state index in [2.05, 4.69) is 16.5 Å². The number of nitriles is 1. The molecule has 8 heteroatoms. The third kappa shape index (κ3) is 3.82. The molecule has 0 aromatic heterocycles. The molecule has 1 aliphatic carbocycles. The molecule has 6 nitrogen and oxygen atoms in total. The predicted molar refractivity (Wildman–Crippen MR) is 116 cm³/mol. The summed E-state index contributed by atoms with van der Waals surface area (Å²) in [5, 5.41) is 12.6. The number of allylic oxidation sites excluding steroid dienone is 2. The number of nitrogens with zero attached hydrogens (tertiary/aromatic N) is 4. The van der Waals surface area contributed by atoms with Gasteiger partial charge in [0.25, 0.3) is 0 Å². The number of nitrogens with one attached hydrogen (secondary N) is 1. The number of ether oxygens (including phenoxy) is 1. The molecule has 1 aromatic carbocycles. The highest BCUT2D eigenvalue weighted by atomic mass is 19.1. The van der Waals surface area contributed by atoms with Gasteiger partial charge in [0.2, 0.25) is 0 Å². The van der Waals surface area contributed by atoms with Crippen LogP contribution in [-0.4, -0.2) is 35.8 Å². The van der Waals surface area contributed by atoms with Crippen molar-refractivity contribution in [2.45, 2.75) is 31.2 Å². The number of fused-ring (bicyclic) bond motifs is 3. The van der Waals surface area contributed by atoms with Crippen molar-refractivity contribution >= 4 is 11.7 Å². The second-order valence-electron chi connectivity index (χ2n) is 7.98. The smallest absolute Gasteiger partial charge is 0.194 e. The summed E-state index contributed by atoms with van der Waals surface area (Å²) in [6.45, 7) is 1.02. The molecular formula is C24H21F2N5O. The fourth-order valence-corrected chi connectivity index (χ4v) is 4.46. The van der Waals surface area contributed by atoms with Gasteiger partial charge in [-0.05, 0) is 60.0 Å². The zero-order chi connectivity index (χ0) is 22.1. The van der Waals surface area contributed by atoms with Gasteiger partial charge in [-0.1, -0.05) is 6.07 Å². The summed E-state index contributed by atoms with van der Waals surface area (Å²) >= 11 is 0. The van der Waals surface area contributed by atoms with Gasteiger partial charge in [-0.3, -0.25) is 4.99 Å². The maximum atomic E-state index is 14.6. The average molecular weight is 433 g/mol. The molecule has 4 bridgehead atoms. The van der Waals surface area contributed by atoms with Gasteiger partial charge in [0.05, 0.1) is 12.6 Å². The number of hydrogen-bond acceptors (Lipinski definition) is 6. The molecule has 0 fully saturated rings. The molecule has 4 aliphatic rings. The maximum absolute atomic E-state index is 14.6. The van der Waals surface area contributed by atoms with Crippen molar-refractivity contribution in [1.82, 2.24) is 10.2 Å². The first-order chi connectivity index (χ1) is 15.6. The van der Waals surface area contributed by atoms with Gasteiger partial charge in [-0.25, -0.2) is 18.7 Å². The molecule has 1 N–H and O–H groups in total. The van der Waals surface area contributed by atoms with Crippen LogP contribution in [0.15, 0.2) is 75.7 Å². The second kappa shape index (κ2) is 8.42. The topological polar surface area (TPSA) is 73.0 Å². The van der Waals surface area contributed by atoms with Crippen LogP contribution in [0.1, 0.15) is 30.7 Å². The van der Waals surface area contributed by atoms with E-state index >= 15 is 0 Å². The lowest BCUT2D eigenvalue weighted by Crippen LogP contribution is -2.29. The molecule has 3 aliphatic heterocycles. The minimum absolute atomic E-state index is 0.128. The Kier molecular flexibility index (Phi) is 5.31. The number of aliphatic imine (C=N–C) groups is 2. The van der Waals surface area contributed by atoms with E-state index in [1.807, 2.05) is 24.4 Å². The number of amidine groups is 1. The van der Waals surface area contributed by atoms with Crippen LogP contribution in [0.2, 0.25) is 0 Å². The number of rotatable bonds is 1. The van der Waals surface area contributed by atoms with E-state index in [0.717, 1.165) is 29.4 Å². The summed E-state index contributed by atoms with van der Waals surface area (Å²) in [6.07, 6.45) is 13.0. The Morgan fingerprint density at radius 1 is 1.28 bits per heavy atom. The number of hydrogen-bond donors (Lipinski definition) is 1. The maximum Gasteiger partial charge on any atom is 0.194 e. The van der Waals surface area contributed by atoms with E-state index in [9.17, 15) is 14.0 Å². The van der Waals surface area contributed by atoms with Crippen LogP contribution in [0.4, 0.5) is 8.78 Å². The van der Waals surface area contributed by atoms with E-state index in [1.165, 1.54) is 17.0 Å². The van der Waals surface area contributed by atoms with Crippen molar-refractivity contribution in [3.05, 3.63) is 82.9 Å². The first-order valence-electron chi connectivity index (χ1n) is 10.6. The zero-order valence-corrected chi connectivity index (χ0v) is 17.3. The predicted octanol–water partition coefficient (Wildman–Crippen LogP) is 4.04. The van der Waals surface area contributed by atoms with Crippen LogP contribution >= 0.6 is 0 Å². The molecule has 0 spiro atoms. The first-order valence-corrected chi connectivity index (χ1v) is 10.6. The van der Waals surface area contributed by atoms with Gasteiger partial charge in [0.15, 0.2) is 12.1 Å². The van der Waals surface area contributed by atoms with Crippen LogP contribution in [-0.2, 0) is 4.74 Å². The summed E-state index contributed by atoms with van der Waals surface area (Å²) < 4.78 is 34.3. The molecule has 0 saturated heterocycles. The third-order valence-corrected chi connectivity index (χ3v) is 5.97. The summed E-state index contributed by atoms with van der Waals surface area (Å²) in [5.41, 5.74) is 2.41. The third-order valence-electron chi connectivity index (χ3n) is 5.97. The molecule has 162 valence electrons. The van der Waals surface area contributed by atoms with E-state index in [0.29, 0.717) is 43.2 Å². The lowest BCUT2D eigenvalue weighted by Gasteiger charge is -2.27. The molecule has 32 heavy (non-hydrogen) atoms. The normalized spacial score (nSPS) is 25.5. The van der Waals surface area contributed by atoms with Crippen molar-refractivity contribution in [3.8, 4) is 6.19 Å². The van der Waals surface area contributed by atoms with Crippen LogP contribution in [0.25, 0.3) is 0 Å². The second-order valence-corrected chi connectivity index (χ2v) is 7.98. The summed E-state index contributed by atoms with van der Waals surface area (Å²) in [7, 11) is 0. The monoisotopic (exact) mass is 433 g/mol. The highest BCUT2D eigenvalue weighted by molar-refractivity contribution is 5.98. The highest BCUT2D eigenvalue weighted by Gasteiger charge is 2.37. The molecular weight excluding hydrogens is 412 g/mol. The minimum atomic E-state index is -0.593. The minimum Gasteiger partial charge on any atom is -0.447 e. The quantitative estimate of drug-likeness (QED) is 0.679. The van der Waals surface area contributed by atoms with E-state index in [-0.39, 0.29) is 12.0 Å².